The summed E-state index contributed by atoms with van der Waals surface area (Å²) in [6.07, 6.45) is 8.38. The van der Waals surface area contributed by atoms with E-state index in [9.17, 15) is 9.18 Å². The molecule has 0 atom stereocenters. The van der Waals surface area contributed by atoms with Crippen molar-refractivity contribution in [2.75, 3.05) is 23.3 Å². The SMILES string of the molecule is O=C(Nc1ccc(F)cc1)NC1CCN(c2ncnc3c2C=CC3)CC1. The molecule has 2 heterocycles. The van der Waals surface area contributed by atoms with E-state index in [0.717, 1.165) is 49.4 Å². The highest BCUT2D eigenvalue weighted by molar-refractivity contribution is 5.89. The topological polar surface area (TPSA) is 70.2 Å². The Morgan fingerprint density at radius 1 is 1.15 bits per heavy atom. The Bertz CT molecular complexity index is 828. The van der Waals surface area contributed by atoms with Crippen LogP contribution in [0.5, 0.6) is 0 Å². The lowest BCUT2D eigenvalue weighted by Gasteiger charge is -2.33. The van der Waals surface area contributed by atoms with Crippen LogP contribution < -0.4 is 15.5 Å². The fraction of sp³-hybridized carbons (Fsp3) is 0.316. The molecule has 0 saturated carbocycles. The van der Waals surface area contributed by atoms with Crippen LogP contribution in [0.1, 0.15) is 24.1 Å². The first-order valence-corrected chi connectivity index (χ1v) is 8.77. The van der Waals surface area contributed by atoms with Gasteiger partial charge >= 0.3 is 6.03 Å². The van der Waals surface area contributed by atoms with Gasteiger partial charge in [0.25, 0.3) is 0 Å². The fourth-order valence-corrected chi connectivity index (χ4v) is 3.42. The van der Waals surface area contributed by atoms with E-state index in [1.54, 1.807) is 18.5 Å². The van der Waals surface area contributed by atoms with E-state index >= 15 is 0 Å². The molecule has 0 radical (unpaired) electrons. The van der Waals surface area contributed by atoms with Crippen LogP contribution in [0.3, 0.4) is 0 Å². The number of piperidine rings is 1. The lowest BCUT2D eigenvalue weighted by Crippen LogP contribution is -2.46. The predicted octanol–water partition coefficient (Wildman–Crippen LogP) is 2.98. The molecule has 7 heteroatoms. The van der Waals surface area contributed by atoms with Gasteiger partial charge in [-0.25, -0.2) is 19.2 Å². The quantitative estimate of drug-likeness (QED) is 0.890. The normalized spacial score (nSPS) is 16.4. The van der Waals surface area contributed by atoms with Gasteiger partial charge in [-0.15, -0.1) is 0 Å². The number of halogens is 1. The van der Waals surface area contributed by atoms with Crippen molar-refractivity contribution in [3.8, 4) is 0 Å². The van der Waals surface area contributed by atoms with E-state index in [2.05, 4.69) is 37.7 Å². The van der Waals surface area contributed by atoms with Gasteiger partial charge in [-0.3, -0.25) is 0 Å². The van der Waals surface area contributed by atoms with E-state index < -0.39 is 0 Å². The number of benzene rings is 1. The number of allylic oxidation sites excluding steroid dienone is 1. The van der Waals surface area contributed by atoms with Crippen molar-refractivity contribution < 1.29 is 9.18 Å². The molecule has 26 heavy (non-hydrogen) atoms. The monoisotopic (exact) mass is 353 g/mol. The van der Waals surface area contributed by atoms with E-state index in [-0.39, 0.29) is 17.9 Å². The minimum atomic E-state index is -0.325. The van der Waals surface area contributed by atoms with Crippen molar-refractivity contribution in [1.29, 1.82) is 0 Å². The number of nitrogens with zero attached hydrogens (tertiary/aromatic N) is 3. The number of carbonyl (C=O) groups excluding carboxylic acids is 1. The van der Waals surface area contributed by atoms with Gasteiger partial charge in [0, 0.05) is 36.8 Å². The Kier molecular flexibility index (Phi) is 4.51. The van der Waals surface area contributed by atoms with Gasteiger partial charge in [-0.1, -0.05) is 12.2 Å². The summed E-state index contributed by atoms with van der Waals surface area (Å²) in [5.41, 5.74) is 2.77. The van der Waals surface area contributed by atoms with Crippen molar-refractivity contribution in [3.63, 3.8) is 0 Å². The molecule has 2 N–H and O–H groups in total. The third-order valence-corrected chi connectivity index (χ3v) is 4.77. The van der Waals surface area contributed by atoms with Crippen LogP contribution in [-0.2, 0) is 6.42 Å². The van der Waals surface area contributed by atoms with Gasteiger partial charge < -0.3 is 15.5 Å². The summed E-state index contributed by atoms with van der Waals surface area (Å²) in [4.78, 5) is 23.1. The van der Waals surface area contributed by atoms with Gasteiger partial charge in [0.05, 0.1) is 5.69 Å². The maximum atomic E-state index is 12.9. The molecule has 2 amide bonds. The number of amides is 2. The van der Waals surface area contributed by atoms with E-state index in [0.29, 0.717) is 5.69 Å². The minimum absolute atomic E-state index is 0.108. The Hall–Kier alpha value is -2.96. The van der Waals surface area contributed by atoms with Gasteiger partial charge in [0.1, 0.15) is 18.0 Å². The smallest absolute Gasteiger partial charge is 0.319 e. The Balaban J connectivity index is 1.31. The maximum absolute atomic E-state index is 12.9. The highest BCUT2D eigenvalue weighted by Gasteiger charge is 2.24. The molecule has 0 bridgehead atoms. The van der Waals surface area contributed by atoms with Gasteiger partial charge in [0.2, 0.25) is 0 Å². The molecule has 1 fully saturated rings. The summed E-state index contributed by atoms with van der Waals surface area (Å²) in [7, 11) is 0. The first-order chi connectivity index (χ1) is 12.7. The summed E-state index contributed by atoms with van der Waals surface area (Å²) in [6, 6.07) is 5.57. The summed E-state index contributed by atoms with van der Waals surface area (Å²) >= 11 is 0. The third kappa shape index (κ3) is 3.51. The maximum Gasteiger partial charge on any atom is 0.319 e. The molecule has 1 aromatic carbocycles. The molecule has 1 aromatic heterocycles. The third-order valence-electron chi connectivity index (χ3n) is 4.77. The molecule has 2 aliphatic rings. The minimum Gasteiger partial charge on any atom is -0.356 e. The molecule has 0 spiro atoms. The fourth-order valence-electron chi connectivity index (χ4n) is 3.42. The molecule has 1 saturated heterocycles. The van der Waals surface area contributed by atoms with Crippen molar-refractivity contribution in [2.45, 2.75) is 25.3 Å². The van der Waals surface area contributed by atoms with Crippen molar-refractivity contribution >= 4 is 23.6 Å². The van der Waals surface area contributed by atoms with Crippen LogP contribution in [-0.4, -0.2) is 35.1 Å². The standard InChI is InChI=1S/C19H20FN5O/c20-13-4-6-14(7-5-13)23-19(26)24-15-8-10-25(11-9-15)18-16-2-1-3-17(16)21-12-22-18/h1-2,4-7,12,15H,3,8-11H2,(H2,23,24,26). The second kappa shape index (κ2) is 7.11. The molecule has 6 nitrogen and oxygen atoms in total. The van der Waals surface area contributed by atoms with Crippen LogP contribution in [0.15, 0.2) is 36.7 Å². The number of hydrogen-bond acceptors (Lipinski definition) is 4. The molecular weight excluding hydrogens is 333 g/mol. The Morgan fingerprint density at radius 3 is 2.69 bits per heavy atom. The first kappa shape index (κ1) is 16.5. The molecule has 1 aliphatic heterocycles. The average Bonchev–Trinajstić information content (AvgIpc) is 3.13. The van der Waals surface area contributed by atoms with Crippen LogP contribution in [0.4, 0.5) is 20.7 Å². The van der Waals surface area contributed by atoms with Crippen LogP contribution in [0.25, 0.3) is 6.08 Å². The average molecular weight is 353 g/mol. The van der Waals surface area contributed by atoms with Gasteiger partial charge in [-0.2, -0.15) is 0 Å². The molecule has 0 unspecified atom stereocenters. The zero-order valence-corrected chi connectivity index (χ0v) is 14.3. The molecule has 2 aromatic rings. The van der Waals surface area contributed by atoms with E-state index in [4.69, 9.17) is 0 Å². The lowest BCUT2D eigenvalue weighted by atomic mass is 10.0. The molecular formula is C19H20FN5O. The zero-order chi connectivity index (χ0) is 17.9. The number of aromatic nitrogens is 2. The molecule has 4 rings (SSSR count). The van der Waals surface area contributed by atoms with Crippen LogP contribution in [0.2, 0.25) is 0 Å². The molecule has 1 aliphatic carbocycles. The highest BCUT2D eigenvalue weighted by Crippen LogP contribution is 2.28. The number of rotatable bonds is 3. The number of hydrogen-bond donors (Lipinski definition) is 2. The zero-order valence-electron chi connectivity index (χ0n) is 14.3. The first-order valence-electron chi connectivity index (χ1n) is 8.77. The van der Waals surface area contributed by atoms with Crippen LogP contribution >= 0.6 is 0 Å². The number of fused-ring (bicyclic) bond motifs is 1. The number of urea groups is 1. The predicted molar refractivity (Wildman–Crippen MR) is 98.6 cm³/mol. The van der Waals surface area contributed by atoms with Crippen molar-refractivity contribution in [3.05, 3.63) is 53.7 Å². The summed E-state index contributed by atoms with van der Waals surface area (Å²) in [6.45, 7) is 1.66. The summed E-state index contributed by atoms with van der Waals surface area (Å²) in [5, 5.41) is 5.72. The van der Waals surface area contributed by atoms with Crippen molar-refractivity contribution in [2.24, 2.45) is 0 Å². The molecule has 134 valence electrons. The summed E-state index contributed by atoms with van der Waals surface area (Å²) < 4.78 is 12.9. The Morgan fingerprint density at radius 2 is 1.92 bits per heavy atom. The van der Waals surface area contributed by atoms with E-state index in [1.165, 1.54) is 12.1 Å². The largest absolute Gasteiger partial charge is 0.356 e. The lowest BCUT2D eigenvalue weighted by molar-refractivity contribution is 0.246. The van der Waals surface area contributed by atoms with E-state index in [1.807, 2.05) is 0 Å². The summed E-state index contributed by atoms with van der Waals surface area (Å²) in [5.74, 6) is 0.660. The second-order valence-electron chi connectivity index (χ2n) is 6.53. The second-order valence-corrected chi connectivity index (χ2v) is 6.53. The Labute approximate surface area is 151 Å². The van der Waals surface area contributed by atoms with Crippen molar-refractivity contribution in [1.82, 2.24) is 15.3 Å². The van der Waals surface area contributed by atoms with Crippen LogP contribution in [0, 0.1) is 5.82 Å². The number of nitrogens with one attached hydrogen (secondary N) is 2. The van der Waals surface area contributed by atoms with Gasteiger partial charge in [-0.05, 0) is 37.1 Å². The number of anilines is 2. The highest BCUT2D eigenvalue weighted by atomic mass is 19.1. The van der Waals surface area contributed by atoms with Gasteiger partial charge in [0.15, 0.2) is 0 Å². The number of carbonyl (C=O) groups is 1.